The third kappa shape index (κ3) is 2.99. The second kappa shape index (κ2) is 6.03. The maximum absolute atomic E-state index is 9.54. The van der Waals surface area contributed by atoms with Crippen LogP contribution < -0.4 is 10.1 Å². The Morgan fingerprint density at radius 1 is 1.35 bits per heavy atom. The zero-order chi connectivity index (χ0) is 12.1. The molecule has 0 saturated heterocycles. The van der Waals surface area contributed by atoms with E-state index in [-0.39, 0.29) is 12.6 Å². The number of nitrogens with one attached hydrogen (secondary N) is 1. The number of aliphatic hydroxyl groups is 1. The largest absolute Gasteiger partial charge is 0.496 e. The molecule has 1 aliphatic rings. The highest BCUT2D eigenvalue weighted by molar-refractivity contribution is 5.36. The van der Waals surface area contributed by atoms with Gasteiger partial charge in [-0.3, -0.25) is 0 Å². The van der Waals surface area contributed by atoms with Crippen molar-refractivity contribution in [3.05, 3.63) is 29.8 Å². The molecule has 17 heavy (non-hydrogen) atoms. The average Bonchev–Trinajstić information content (AvgIpc) is 2.89. The van der Waals surface area contributed by atoms with Gasteiger partial charge in [0.15, 0.2) is 0 Å². The molecule has 0 heterocycles. The number of ether oxygens (including phenoxy) is 1. The Labute approximate surface area is 103 Å². The van der Waals surface area contributed by atoms with Crippen molar-refractivity contribution in [1.82, 2.24) is 5.32 Å². The molecule has 1 atom stereocenters. The summed E-state index contributed by atoms with van der Waals surface area (Å²) in [5.41, 5.74) is 1.05. The lowest BCUT2D eigenvalue weighted by Gasteiger charge is -2.23. The van der Waals surface area contributed by atoms with E-state index >= 15 is 0 Å². The van der Waals surface area contributed by atoms with Gasteiger partial charge in [0.25, 0.3) is 0 Å². The van der Waals surface area contributed by atoms with E-state index in [1.165, 1.54) is 25.7 Å². The molecule has 0 aromatic heterocycles. The lowest BCUT2D eigenvalue weighted by atomic mass is 10.0. The molecule has 3 heteroatoms. The number of hydrogen-bond acceptors (Lipinski definition) is 3. The first-order valence-corrected chi connectivity index (χ1v) is 6.35. The van der Waals surface area contributed by atoms with E-state index in [1.54, 1.807) is 7.11 Å². The standard InChI is InChI=1S/C14H21NO2/c1-17-14-9-5-4-8-12(14)13(10-16)15-11-6-2-3-7-11/h4-5,8-9,11,13,15-16H,2-3,6-7,10H2,1H3. The van der Waals surface area contributed by atoms with Gasteiger partial charge in [-0.25, -0.2) is 0 Å². The van der Waals surface area contributed by atoms with Crippen LogP contribution in [0.15, 0.2) is 24.3 Å². The second-order valence-corrected chi connectivity index (χ2v) is 4.63. The van der Waals surface area contributed by atoms with Crippen molar-refractivity contribution in [3.8, 4) is 5.75 Å². The predicted molar refractivity (Wildman–Crippen MR) is 68.2 cm³/mol. The van der Waals surface area contributed by atoms with Crippen molar-refractivity contribution < 1.29 is 9.84 Å². The molecule has 2 rings (SSSR count). The van der Waals surface area contributed by atoms with Gasteiger partial charge in [-0.1, -0.05) is 31.0 Å². The summed E-state index contributed by atoms with van der Waals surface area (Å²) in [7, 11) is 1.67. The van der Waals surface area contributed by atoms with Crippen molar-refractivity contribution in [2.45, 2.75) is 37.8 Å². The number of hydrogen-bond donors (Lipinski definition) is 2. The zero-order valence-electron chi connectivity index (χ0n) is 10.4. The van der Waals surface area contributed by atoms with Crippen molar-refractivity contribution in [2.75, 3.05) is 13.7 Å². The Morgan fingerprint density at radius 2 is 2.06 bits per heavy atom. The topological polar surface area (TPSA) is 41.5 Å². The molecule has 94 valence electrons. The van der Waals surface area contributed by atoms with Gasteiger partial charge < -0.3 is 15.2 Å². The van der Waals surface area contributed by atoms with Gasteiger partial charge in [0.1, 0.15) is 5.75 Å². The van der Waals surface area contributed by atoms with Crippen LogP contribution in [0.1, 0.15) is 37.3 Å². The number of benzene rings is 1. The molecule has 1 aromatic rings. The normalized spacial score (nSPS) is 18.2. The van der Waals surface area contributed by atoms with Crippen LogP contribution in [0.5, 0.6) is 5.75 Å². The highest BCUT2D eigenvalue weighted by Crippen LogP contribution is 2.27. The van der Waals surface area contributed by atoms with Gasteiger partial charge in [0.05, 0.1) is 19.8 Å². The van der Waals surface area contributed by atoms with Gasteiger partial charge in [-0.15, -0.1) is 0 Å². The van der Waals surface area contributed by atoms with Crippen LogP contribution >= 0.6 is 0 Å². The smallest absolute Gasteiger partial charge is 0.123 e. The fourth-order valence-corrected chi connectivity index (χ4v) is 2.57. The van der Waals surface area contributed by atoms with Crippen LogP contribution in [0.25, 0.3) is 0 Å². The van der Waals surface area contributed by atoms with E-state index in [4.69, 9.17) is 4.74 Å². The Morgan fingerprint density at radius 3 is 2.71 bits per heavy atom. The predicted octanol–water partition coefficient (Wildman–Crippen LogP) is 2.26. The fourth-order valence-electron chi connectivity index (χ4n) is 2.57. The molecule has 0 radical (unpaired) electrons. The average molecular weight is 235 g/mol. The van der Waals surface area contributed by atoms with Crippen molar-refractivity contribution >= 4 is 0 Å². The van der Waals surface area contributed by atoms with Crippen LogP contribution in [-0.2, 0) is 0 Å². The molecule has 0 bridgehead atoms. The van der Waals surface area contributed by atoms with Gasteiger partial charge >= 0.3 is 0 Å². The molecule has 1 fully saturated rings. The van der Waals surface area contributed by atoms with Crippen molar-refractivity contribution in [2.24, 2.45) is 0 Å². The molecular weight excluding hydrogens is 214 g/mol. The fraction of sp³-hybridized carbons (Fsp3) is 0.571. The molecule has 1 unspecified atom stereocenters. The summed E-state index contributed by atoms with van der Waals surface area (Å²) in [5, 5.41) is 13.1. The summed E-state index contributed by atoms with van der Waals surface area (Å²) in [4.78, 5) is 0. The minimum Gasteiger partial charge on any atom is -0.496 e. The Hall–Kier alpha value is -1.06. The van der Waals surface area contributed by atoms with Crippen LogP contribution in [-0.4, -0.2) is 24.9 Å². The molecule has 1 aliphatic carbocycles. The maximum atomic E-state index is 9.54. The Bertz CT molecular complexity index is 348. The summed E-state index contributed by atoms with van der Waals surface area (Å²) in [6.07, 6.45) is 5.01. The summed E-state index contributed by atoms with van der Waals surface area (Å²) < 4.78 is 5.34. The lowest BCUT2D eigenvalue weighted by Crippen LogP contribution is -2.32. The summed E-state index contributed by atoms with van der Waals surface area (Å²) >= 11 is 0. The third-order valence-corrected chi connectivity index (χ3v) is 3.49. The molecule has 1 aromatic carbocycles. The first kappa shape index (κ1) is 12.4. The lowest BCUT2D eigenvalue weighted by molar-refractivity contribution is 0.229. The van der Waals surface area contributed by atoms with E-state index < -0.39 is 0 Å². The quantitative estimate of drug-likeness (QED) is 0.822. The minimum atomic E-state index is -0.0192. The van der Waals surface area contributed by atoms with Crippen LogP contribution in [0, 0.1) is 0 Å². The van der Waals surface area contributed by atoms with Gasteiger partial charge in [0, 0.05) is 11.6 Å². The van der Waals surface area contributed by atoms with Crippen molar-refractivity contribution in [1.29, 1.82) is 0 Å². The molecule has 3 nitrogen and oxygen atoms in total. The van der Waals surface area contributed by atoms with E-state index in [2.05, 4.69) is 5.32 Å². The molecular formula is C14H21NO2. The molecule has 0 amide bonds. The first-order valence-electron chi connectivity index (χ1n) is 6.35. The van der Waals surface area contributed by atoms with Crippen LogP contribution in [0.4, 0.5) is 0 Å². The molecule has 0 aliphatic heterocycles. The molecule has 0 spiro atoms. The van der Waals surface area contributed by atoms with Crippen LogP contribution in [0.2, 0.25) is 0 Å². The van der Waals surface area contributed by atoms with E-state index in [0.29, 0.717) is 6.04 Å². The van der Waals surface area contributed by atoms with Crippen LogP contribution in [0.3, 0.4) is 0 Å². The number of methoxy groups -OCH3 is 1. The number of rotatable bonds is 5. The minimum absolute atomic E-state index is 0.0192. The summed E-state index contributed by atoms with van der Waals surface area (Å²) in [6.45, 7) is 0.108. The van der Waals surface area contributed by atoms with Gasteiger partial charge in [-0.2, -0.15) is 0 Å². The summed E-state index contributed by atoms with van der Waals surface area (Å²) in [6, 6.07) is 8.41. The van der Waals surface area contributed by atoms with Crippen molar-refractivity contribution in [3.63, 3.8) is 0 Å². The molecule has 2 N–H and O–H groups in total. The molecule has 1 saturated carbocycles. The summed E-state index contributed by atoms with van der Waals surface area (Å²) in [5.74, 6) is 0.844. The Balaban J connectivity index is 2.10. The maximum Gasteiger partial charge on any atom is 0.123 e. The van der Waals surface area contributed by atoms with E-state index in [1.807, 2.05) is 24.3 Å². The SMILES string of the molecule is COc1ccccc1C(CO)NC1CCCC1. The second-order valence-electron chi connectivity index (χ2n) is 4.63. The van der Waals surface area contributed by atoms with E-state index in [0.717, 1.165) is 11.3 Å². The number of para-hydroxylation sites is 1. The highest BCUT2D eigenvalue weighted by atomic mass is 16.5. The Kier molecular flexibility index (Phi) is 4.40. The van der Waals surface area contributed by atoms with E-state index in [9.17, 15) is 5.11 Å². The monoisotopic (exact) mass is 235 g/mol. The van der Waals surface area contributed by atoms with Gasteiger partial charge in [0.2, 0.25) is 0 Å². The van der Waals surface area contributed by atoms with Gasteiger partial charge in [-0.05, 0) is 18.9 Å². The third-order valence-electron chi connectivity index (χ3n) is 3.49. The zero-order valence-corrected chi connectivity index (χ0v) is 10.4. The number of aliphatic hydroxyl groups excluding tert-OH is 1. The first-order chi connectivity index (χ1) is 8.35. The highest BCUT2D eigenvalue weighted by Gasteiger charge is 2.21.